The topological polar surface area (TPSA) is 44.8 Å². The highest BCUT2D eigenvalue weighted by Gasteiger charge is 2.33. The first-order chi connectivity index (χ1) is 6.03. The predicted molar refractivity (Wildman–Crippen MR) is 46.1 cm³/mol. The second-order valence-electron chi connectivity index (χ2n) is 3.45. The smallest absolute Gasteiger partial charge is 0.330 e. The molecule has 4 heteroatoms. The van der Waals surface area contributed by atoms with Gasteiger partial charge in [0.15, 0.2) is 6.29 Å². The summed E-state index contributed by atoms with van der Waals surface area (Å²) in [5.41, 5.74) is -0.286. The van der Waals surface area contributed by atoms with Crippen LogP contribution in [0.15, 0.2) is 12.7 Å². The van der Waals surface area contributed by atoms with Crippen molar-refractivity contribution in [1.82, 2.24) is 0 Å². The van der Waals surface area contributed by atoms with Crippen LogP contribution in [0.25, 0.3) is 0 Å². The van der Waals surface area contributed by atoms with Crippen LogP contribution in [0, 0.1) is 0 Å². The molecule has 74 valence electrons. The van der Waals surface area contributed by atoms with Crippen LogP contribution in [0.5, 0.6) is 0 Å². The highest BCUT2D eigenvalue weighted by molar-refractivity contribution is 5.81. The van der Waals surface area contributed by atoms with Gasteiger partial charge in [-0.2, -0.15) is 0 Å². The third kappa shape index (κ3) is 3.16. The molecule has 4 nitrogen and oxygen atoms in total. The SMILES string of the molecule is C=CC(=O)OCC1OCC(C)(C)O1. The number of hydrogen-bond acceptors (Lipinski definition) is 4. The maximum absolute atomic E-state index is 10.7. The van der Waals surface area contributed by atoms with Crippen molar-refractivity contribution in [2.75, 3.05) is 13.2 Å². The molecule has 1 saturated heterocycles. The summed E-state index contributed by atoms with van der Waals surface area (Å²) in [5.74, 6) is -0.461. The zero-order valence-corrected chi connectivity index (χ0v) is 7.91. The van der Waals surface area contributed by atoms with E-state index in [0.717, 1.165) is 6.08 Å². The number of hydrogen-bond donors (Lipinski definition) is 0. The van der Waals surface area contributed by atoms with Crippen LogP contribution in [0.2, 0.25) is 0 Å². The molecule has 1 fully saturated rings. The molecule has 0 radical (unpaired) electrons. The molecule has 0 spiro atoms. The number of carbonyl (C=O) groups is 1. The molecule has 0 aromatic rings. The molecule has 1 aliphatic heterocycles. The lowest BCUT2D eigenvalue weighted by molar-refractivity contribution is -0.155. The Morgan fingerprint density at radius 2 is 2.46 bits per heavy atom. The van der Waals surface area contributed by atoms with Gasteiger partial charge < -0.3 is 14.2 Å². The summed E-state index contributed by atoms with van der Waals surface area (Å²) >= 11 is 0. The number of rotatable bonds is 3. The van der Waals surface area contributed by atoms with Crippen LogP contribution in [0.3, 0.4) is 0 Å². The van der Waals surface area contributed by atoms with Gasteiger partial charge in [-0.25, -0.2) is 4.79 Å². The second-order valence-corrected chi connectivity index (χ2v) is 3.45. The minimum absolute atomic E-state index is 0.119. The summed E-state index contributed by atoms with van der Waals surface area (Å²) in [6.45, 7) is 7.75. The van der Waals surface area contributed by atoms with Crippen LogP contribution in [-0.4, -0.2) is 31.1 Å². The third-order valence-electron chi connectivity index (χ3n) is 1.60. The van der Waals surface area contributed by atoms with Crippen molar-refractivity contribution in [2.45, 2.75) is 25.7 Å². The Labute approximate surface area is 77.5 Å². The summed E-state index contributed by atoms with van der Waals surface area (Å²) < 4.78 is 15.4. The van der Waals surface area contributed by atoms with Gasteiger partial charge in [-0.05, 0) is 13.8 Å². The van der Waals surface area contributed by atoms with Crippen LogP contribution in [0.4, 0.5) is 0 Å². The molecule has 1 aliphatic rings. The Bertz CT molecular complexity index is 210. The molecule has 0 aromatic heterocycles. The van der Waals surface area contributed by atoms with Gasteiger partial charge in [0.05, 0.1) is 12.2 Å². The van der Waals surface area contributed by atoms with E-state index in [9.17, 15) is 4.79 Å². The zero-order chi connectivity index (χ0) is 9.90. The van der Waals surface area contributed by atoms with Crippen molar-refractivity contribution >= 4 is 5.97 Å². The molecule has 1 atom stereocenters. The van der Waals surface area contributed by atoms with E-state index in [4.69, 9.17) is 14.2 Å². The van der Waals surface area contributed by atoms with Gasteiger partial charge in [-0.1, -0.05) is 6.58 Å². The average Bonchev–Trinajstić information content (AvgIpc) is 2.41. The molecule has 0 amide bonds. The first-order valence-electron chi connectivity index (χ1n) is 4.12. The Hall–Kier alpha value is -0.870. The number of carbonyl (C=O) groups excluding carboxylic acids is 1. The monoisotopic (exact) mass is 186 g/mol. The fraction of sp³-hybridized carbons (Fsp3) is 0.667. The van der Waals surface area contributed by atoms with Crippen molar-refractivity contribution in [2.24, 2.45) is 0 Å². The fourth-order valence-electron chi connectivity index (χ4n) is 1.01. The fourth-order valence-corrected chi connectivity index (χ4v) is 1.01. The average molecular weight is 186 g/mol. The molecule has 1 rings (SSSR count). The normalized spacial score (nSPS) is 25.5. The largest absolute Gasteiger partial charge is 0.457 e. The lowest BCUT2D eigenvalue weighted by atomic mass is 10.2. The number of esters is 1. The molecule has 0 aromatic carbocycles. The van der Waals surface area contributed by atoms with Crippen LogP contribution in [-0.2, 0) is 19.0 Å². The minimum Gasteiger partial charge on any atom is -0.457 e. The molecule has 1 heterocycles. The van der Waals surface area contributed by atoms with E-state index in [1.54, 1.807) is 0 Å². The van der Waals surface area contributed by atoms with E-state index in [-0.39, 0.29) is 12.2 Å². The zero-order valence-electron chi connectivity index (χ0n) is 7.91. The van der Waals surface area contributed by atoms with Crippen molar-refractivity contribution in [1.29, 1.82) is 0 Å². The van der Waals surface area contributed by atoms with Gasteiger partial charge in [0.2, 0.25) is 0 Å². The molecular formula is C9H14O4. The second kappa shape index (κ2) is 3.89. The van der Waals surface area contributed by atoms with Gasteiger partial charge in [0.1, 0.15) is 6.61 Å². The van der Waals surface area contributed by atoms with Gasteiger partial charge in [-0.3, -0.25) is 0 Å². The van der Waals surface area contributed by atoms with E-state index in [1.165, 1.54) is 0 Å². The van der Waals surface area contributed by atoms with Gasteiger partial charge >= 0.3 is 5.97 Å². The highest BCUT2D eigenvalue weighted by atomic mass is 16.7. The van der Waals surface area contributed by atoms with E-state index < -0.39 is 12.3 Å². The molecule has 13 heavy (non-hydrogen) atoms. The summed E-state index contributed by atoms with van der Waals surface area (Å²) in [4.78, 5) is 10.7. The summed E-state index contributed by atoms with van der Waals surface area (Å²) in [5, 5.41) is 0. The minimum atomic E-state index is -0.461. The molecule has 0 saturated carbocycles. The van der Waals surface area contributed by atoms with E-state index in [1.807, 2.05) is 13.8 Å². The predicted octanol–water partition coefficient (Wildman–Crippen LogP) is 0.867. The van der Waals surface area contributed by atoms with Crippen molar-refractivity contribution in [3.63, 3.8) is 0 Å². The molecule has 0 N–H and O–H groups in total. The summed E-state index contributed by atoms with van der Waals surface area (Å²) in [6, 6.07) is 0. The van der Waals surface area contributed by atoms with E-state index in [0.29, 0.717) is 6.61 Å². The molecule has 0 bridgehead atoms. The molecule has 1 unspecified atom stereocenters. The first kappa shape index (κ1) is 10.2. The summed E-state index contributed by atoms with van der Waals surface area (Å²) in [7, 11) is 0. The lowest BCUT2D eigenvalue weighted by Crippen LogP contribution is -2.25. The molecule has 0 aliphatic carbocycles. The first-order valence-corrected chi connectivity index (χ1v) is 4.12. The van der Waals surface area contributed by atoms with Gasteiger partial charge in [0, 0.05) is 6.08 Å². The van der Waals surface area contributed by atoms with Crippen molar-refractivity contribution in [3.05, 3.63) is 12.7 Å². The third-order valence-corrected chi connectivity index (χ3v) is 1.60. The maximum atomic E-state index is 10.7. The Morgan fingerprint density at radius 1 is 1.77 bits per heavy atom. The standard InChI is InChI=1S/C9H14O4/c1-4-7(10)11-5-8-12-6-9(2,3)13-8/h4,8H,1,5-6H2,2-3H3. The van der Waals surface area contributed by atoms with Crippen LogP contribution < -0.4 is 0 Å². The molecular weight excluding hydrogens is 172 g/mol. The van der Waals surface area contributed by atoms with Gasteiger partial charge in [-0.15, -0.1) is 0 Å². The highest BCUT2D eigenvalue weighted by Crippen LogP contribution is 2.21. The Kier molecular flexibility index (Phi) is 3.06. The van der Waals surface area contributed by atoms with Crippen LogP contribution in [0.1, 0.15) is 13.8 Å². The lowest BCUT2D eigenvalue weighted by Gasteiger charge is -2.15. The van der Waals surface area contributed by atoms with Gasteiger partial charge in [0.25, 0.3) is 0 Å². The van der Waals surface area contributed by atoms with Crippen molar-refractivity contribution < 1.29 is 19.0 Å². The Morgan fingerprint density at radius 3 is 2.92 bits per heavy atom. The van der Waals surface area contributed by atoms with Crippen LogP contribution >= 0.6 is 0 Å². The van der Waals surface area contributed by atoms with E-state index >= 15 is 0 Å². The quantitative estimate of drug-likeness (QED) is 0.484. The van der Waals surface area contributed by atoms with Crippen molar-refractivity contribution in [3.8, 4) is 0 Å². The van der Waals surface area contributed by atoms with E-state index in [2.05, 4.69) is 6.58 Å². The Balaban J connectivity index is 2.25. The maximum Gasteiger partial charge on any atom is 0.330 e. The number of ether oxygens (including phenoxy) is 3. The summed E-state index contributed by atoms with van der Waals surface area (Å²) in [6.07, 6.45) is 0.666.